The van der Waals surface area contributed by atoms with Crippen LogP contribution in [0.5, 0.6) is 0 Å². The van der Waals surface area contributed by atoms with Crippen molar-refractivity contribution in [2.24, 2.45) is 0 Å². The van der Waals surface area contributed by atoms with Gasteiger partial charge >= 0.3 is 162 Å². The Kier molecular flexibility index (Phi) is 9.38. The molecule has 27 heavy (non-hydrogen) atoms. The zero-order valence-corrected chi connectivity index (χ0v) is 19.9. The van der Waals surface area contributed by atoms with Crippen molar-refractivity contribution in [3.8, 4) is 0 Å². The Morgan fingerprint density at radius 3 is 2.19 bits per heavy atom. The molecular weight excluding hydrogens is 409 g/mol. The van der Waals surface area contributed by atoms with Gasteiger partial charge in [-0.3, -0.25) is 0 Å². The summed E-state index contributed by atoms with van der Waals surface area (Å²) < 4.78 is 4.41. The number of hydrogen-bond acceptors (Lipinski definition) is 1. The van der Waals surface area contributed by atoms with Gasteiger partial charge < -0.3 is 0 Å². The summed E-state index contributed by atoms with van der Waals surface area (Å²) in [6, 6.07) is 13.5. The van der Waals surface area contributed by atoms with Crippen molar-refractivity contribution in [1.29, 1.82) is 0 Å². The molecule has 0 saturated carbocycles. The number of aryl methyl sites for hydroxylation is 3. The summed E-state index contributed by atoms with van der Waals surface area (Å²) in [5.74, 6) is 0. The summed E-state index contributed by atoms with van der Waals surface area (Å²) in [6.45, 7) is 11.2. The van der Waals surface area contributed by atoms with E-state index in [2.05, 4.69) is 87.0 Å². The Bertz CT molecular complexity index is 832. The van der Waals surface area contributed by atoms with Crippen molar-refractivity contribution in [2.45, 2.75) is 45.3 Å². The Morgan fingerprint density at radius 1 is 0.963 bits per heavy atom. The molecule has 0 radical (unpaired) electrons. The smallest absolute Gasteiger partial charge is 0.147 e. The van der Waals surface area contributed by atoms with E-state index in [0.717, 1.165) is 6.42 Å². The van der Waals surface area contributed by atoms with Crippen LogP contribution in [0.4, 0.5) is 5.69 Å². The van der Waals surface area contributed by atoms with Gasteiger partial charge in [0.15, 0.2) is 0 Å². The number of hydrogen-bond donors (Lipinski definition) is 1. The van der Waals surface area contributed by atoms with Crippen LogP contribution in [-0.4, -0.2) is 0 Å². The molecule has 2 aromatic carbocycles. The molecule has 0 fully saturated rings. The van der Waals surface area contributed by atoms with Crippen molar-refractivity contribution in [2.75, 3.05) is 3.80 Å². The van der Waals surface area contributed by atoms with Crippen LogP contribution in [0.2, 0.25) is 0 Å². The van der Waals surface area contributed by atoms with Gasteiger partial charge in [-0.25, -0.2) is 0 Å². The van der Waals surface area contributed by atoms with Crippen molar-refractivity contribution in [3.63, 3.8) is 0 Å². The summed E-state index contributed by atoms with van der Waals surface area (Å²) >= 11 is -0.330. The third kappa shape index (κ3) is 5.75. The third-order valence-electron chi connectivity index (χ3n) is 4.91. The van der Waals surface area contributed by atoms with Gasteiger partial charge in [0, 0.05) is 0 Å². The molecule has 0 saturated heterocycles. The number of halogens is 2. The van der Waals surface area contributed by atoms with Gasteiger partial charge in [-0.05, 0) is 0 Å². The van der Waals surface area contributed by atoms with E-state index in [-0.39, 0.29) is 44.2 Å². The molecule has 144 valence electrons. The second kappa shape index (κ2) is 10.5. The predicted octanol–water partition coefficient (Wildman–Crippen LogP) is 7.36. The second-order valence-corrected chi connectivity index (χ2v) is 9.37. The number of allylic oxidation sites excluding steroid dienone is 4. The van der Waals surface area contributed by atoms with Gasteiger partial charge in [0.25, 0.3) is 0 Å². The summed E-state index contributed by atoms with van der Waals surface area (Å²) in [5.41, 5.74) is 11.2. The molecule has 1 aliphatic carbocycles. The average molecular weight is 438 g/mol. The van der Waals surface area contributed by atoms with Crippen LogP contribution in [0, 0.1) is 20.8 Å². The standard InChI is InChI=1S/C14H15.C9H12N.2ClH.Ti/c1-3-12-6-4-5-7-14(12)13-9-8-11(2)10-13;1-6-4-7(2)9(10)8(3)5-6;;;/h3-8,10H,9H2,1-2H3;4-5,10H,1-3H3;2*1H;/q;-1;;;+1. The van der Waals surface area contributed by atoms with Crippen LogP contribution in [0.3, 0.4) is 0 Å². The van der Waals surface area contributed by atoms with E-state index in [1.807, 2.05) is 0 Å². The normalized spacial score (nSPS) is 13.7. The first-order valence-electron chi connectivity index (χ1n) is 9.01. The van der Waals surface area contributed by atoms with Gasteiger partial charge in [0.05, 0.1) is 0 Å². The minimum atomic E-state index is -0.330. The van der Waals surface area contributed by atoms with Crippen molar-refractivity contribution < 1.29 is 19.4 Å². The quantitative estimate of drug-likeness (QED) is 0.481. The maximum Gasteiger partial charge on any atom is -0.147 e. The largest absolute Gasteiger partial charge is 0.147 e. The average Bonchev–Trinajstić information content (AvgIpc) is 3.00. The van der Waals surface area contributed by atoms with E-state index in [0.29, 0.717) is 4.22 Å². The summed E-state index contributed by atoms with van der Waals surface area (Å²) in [5, 5.41) is 0. The van der Waals surface area contributed by atoms with Gasteiger partial charge in [-0.15, -0.1) is 24.8 Å². The minimum absolute atomic E-state index is 0. The molecule has 4 heteroatoms. The van der Waals surface area contributed by atoms with Crippen LogP contribution in [0.1, 0.15) is 52.3 Å². The van der Waals surface area contributed by atoms with E-state index < -0.39 is 0 Å². The van der Waals surface area contributed by atoms with E-state index in [9.17, 15) is 0 Å². The van der Waals surface area contributed by atoms with Gasteiger partial charge in [-0.2, -0.15) is 0 Å². The molecular formula is C23H29Cl2NTi. The first kappa shape index (κ1) is 24.1. The molecule has 0 aromatic heterocycles. The van der Waals surface area contributed by atoms with Crippen LogP contribution in [0.15, 0.2) is 54.1 Å². The molecule has 1 nitrogen and oxygen atoms in total. The fourth-order valence-electron chi connectivity index (χ4n) is 3.65. The zero-order valence-electron chi connectivity index (χ0n) is 16.7. The molecule has 1 unspecified atom stereocenters. The van der Waals surface area contributed by atoms with E-state index in [1.54, 1.807) is 0 Å². The summed E-state index contributed by atoms with van der Waals surface area (Å²) in [7, 11) is 0. The molecule has 0 heterocycles. The fraction of sp³-hybridized carbons (Fsp3) is 0.304. The monoisotopic (exact) mass is 437 g/mol. The maximum atomic E-state index is 3.83. The third-order valence-corrected chi connectivity index (χ3v) is 6.69. The van der Waals surface area contributed by atoms with Crippen LogP contribution >= 0.6 is 24.8 Å². The summed E-state index contributed by atoms with van der Waals surface area (Å²) in [6.07, 6.45) is 5.73. The number of benzene rings is 2. The Balaban J connectivity index is 0.00000182. The Labute approximate surface area is 185 Å². The van der Waals surface area contributed by atoms with E-state index >= 15 is 0 Å². The molecule has 1 atom stereocenters. The van der Waals surface area contributed by atoms with Gasteiger partial charge in [-0.1, -0.05) is 0 Å². The molecule has 0 aliphatic heterocycles. The topological polar surface area (TPSA) is 12.0 Å². The van der Waals surface area contributed by atoms with Gasteiger partial charge in [0.1, 0.15) is 0 Å². The SMILES string of the molecule is CC1=CCC(c2ccccc2[CH](C)[Ti][NH]c2c(C)cc(C)cc2C)=C1.Cl.Cl. The molecule has 2 aromatic rings. The van der Waals surface area contributed by atoms with Crippen molar-refractivity contribution in [1.82, 2.24) is 0 Å². The summed E-state index contributed by atoms with van der Waals surface area (Å²) in [4.78, 5) is 0. The predicted molar refractivity (Wildman–Crippen MR) is 120 cm³/mol. The Hall–Kier alpha value is -0.986. The second-order valence-electron chi connectivity index (χ2n) is 7.17. The number of anilines is 1. The van der Waals surface area contributed by atoms with Crippen molar-refractivity contribution in [3.05, 3.63) is 81.9 Å². The first-order valence-corrected chi connectivity index (χ1v) is 10.7. The van der Waals surface area contributed by atoms with Crippen LogP contribution in [-0.2, 0) is 19.4 Å². The number of nitrogens with one attached hydrogen (secondary N) is 1. The molecule has 3 rings (SSSR count). The molecule has 0 bridgehead atoms. The van der Waals surface area contributed by atoms with E-state index in [1.165, 1.54) is 44.7 Å². The van der Waals surface area contributed by atoms with Gasteiger partial charge in [0.2, 0.25) is 0 Å². The fourth-order valence-corrected chi connectivity index (χ4v) is 5.47. The minimum Gasteiger partial charge on any atom is -0.147 e. The van der Waals surface area contributed by atoms with Crippen LogP contribution < -0.4 is 3.80 Å². The van der Waals surface area contributed by atoms with Crippen molar-refractivity contribution >= 4 is 36.1 Å². The molecule has 0 spiro atoms. The van der Waals surface area contributed by atoms with E-state index in [4.69, 9.17) is 0 Å². The molecule has 1 N–H and O–H groups in total. The number of rotatable bonds is 5. The first-order chi connectivity index (χ1) is 12.0. The maximum absolute atomic E-state index is 3.83. The molecule has 1 aliphatic rings. The molecule has 0 amide bonds. The van der Waals surface area contributed by atoms with Crippen LogP contribution in [0.25, 0.3) is 5.57 Å². The Morgan fingerprint density at radius 2 is 1.59 bits per heavy atom. The zero-order chi connectivity index (χ0) is 18.0.